The third kappa shape index (κ3) is 7.00. The summed E-state index contributed by atoms with van der Waals surface area (Å²) in [6.45, 7) is 0. The number of rotatable bonds is 11. The summed E-state index contributed by atoms with van der Waals surface area (Å²) in [6, 6.07) is 13.1. The summed E-state index contributed by atoms with van der Waals surface area (Å²) in [7, 11) is 1.14. The molecular weight excluding hydrogens is 503 g/mol. The van der Waals surface area contributed by atoms with Gasteiger partial charge in [-0.2, -0.15) is 4.39 Å². The molecule has 1 amide bonds. The topological polar surface area (TPSA) is 174 Å². The first kappa shape index (κ1) is 27.5. The highest BCUT2D eigenvalue weighted by atomic mass is 19.1. The molecule has 0 spiro atoms. The van der Waals surface area contributed by atoms with Gasteiger partial charge in [-0.1, -0.05) is 42.5 Å². The van der Waals surface area contributed by atoms with E-state index in [1.165, 1.54) is 12.1 Å². The second-order valence-electron chi connectivity index (χ2n) is 8.18. The van der Waals surface area contributed by atoms with Crippen molar-refractivity contribution in [2.45, 2.75) is 24.9 Å². The van der Waals surface area contributed by atoms with Crippen molar-refractivity contribution >= 4 is 28.9 Å². The predicted octanol–water partition coefficient (Wildman–Crippen LogP) is 3.27. The summed E-state index contributed by atoms with van der Waals surface area (Å²) < 4.78 is 19.2. The number of nitrogens with zero attached hydrogens (tertiary/aromatic N) is 2. The maximum Gasteiger partial charge on any atom is 0.328 e. The second-order valence-corrected chi connectivity index (χ2v) is 8.18. The Labute approximate surface area is 215 Å². The lowest BCUT2D eigenvalue weighted by molar-refractivity contribution is -0.395. The number of nitro benzene ring substituents is 2. The van der Waals surface area contributed by atoms with E-state index in [4.69, 9.17) is 4.74 Å². The Kier molecular flexibility index (Phi) is 8.87. The fraction of sp³-hybridized carbons (Fsp3) is 0.200. The highest BCUT2D eigenvalue weighted by molar-refractivity contribution is 5.90. The van der Waals surface area contributed by atoms with Crippen molar-refractivity contribution in [2.75, 3.05) is 12.4 Å². The van der Waals surface area contributed by atoms with Gasteiger partial charge in [0.25, 0.3) is 5.69 Å². The molecule has 0 aliphatic rings. The fourth-order valence-corrected chi connectivity index (χ4v) is 3.68. The van der Waals surface area contributed by atoms with E-state index in [0.717, 1.165) is 7.11 Å². The molecule has 38 heavy (non-hydrogen) atoms. The third-order valence-corrected chi connectivity index (χ3v) is 5.57. The maximum atomic E-state index is 14.4. The molecule has 0 fully saturated rings. The number of esters is 1. The minimum atomic E-state index is -1.33. The molecule has 0 bridgehead atoms. The Morgan fingerprint density at radius 3 is 2.08 bits per heavy atom. The van der Waals surface area contributed by atoms with Crippen LogP contribution in [0.4, 0.5) is 21.5 Å². The summed E-state index contributed by atoms with van der Waals surface area (Å²) in [4.78, 5) is 46.4. The average molecular weight is 526 g/mol. The van der Waals surface area contributed by atoms with E-state index in [1.807, 2.05) is 0 Å². The Morgan fingerprint density at radius 1 is 0.921 bits per heavy atom. The van der Waals surface area contributed by atoms with Crippen LogP contribution in [0.1, 0.15) is 11.1 Å². The van der Waals surface area contributed by atoms with Crippen molar-refractivity contribution in [1.82, 2.24) is 5.32 Å². The van der Waals surface area contributed by atoms with Crippen molar-refractivity contribution in [3.8, 4) is 5.75 Å². The van der Waals surface area contributed by atoms with Gasteiger partial charge in [0, 0.05) is 18.9 Å². The number of phenols is 1. The number of hydrogen-bond donors (Lipinski definition) is 3. The minimum Gasteiger partial charge on any atom is -0.508 e. The molecular formula is C25H23FN4O8. The Hall–Kier alpha value is -5.07. The first-order chi connectivity index (χ1) is 18.1. The van der Waals surface area contributed by atoms with E-state index >= 15 is 0 Å². The number of anilines is 1. The van der Waals surface area contributed by atoms with E-state index in [0.29, 0.717) is 23.3 Å². The van der Waals surface area contributed by atoms with Crippen LogP contribution in [0.3, 0.4) is 0 Å². The summed E-state index contributed by atoms with van der Waals surface area (Å²) in [5, 5.41) is 37.3. The van der Waals surface area contributed by atoms with Crippen LogP contribution in [0, 0.1) is 26.0 Å². The Morgan fingerprint density at radius 2 is 1.50 bits per heavy atom. The minimum absolute atomic E-state index is 0.00303. The number of hydrogen-bond acceptors (Lipinski definition) is 9. The molecule has 0 unspecified atom stereocenters. The number of methoxy groups -OCH3 is 1. The molecule has 0 radical (unpaired) electrons. The molecule has 2 atom stereocenters. The van der Waals surface area contributed by atoms with Crippen LogP contribution < -0.4 is 10.6 Å². The van der Waals surface area contributed by atoms with Crippen molar-refractivity contribution < 1.29 is 33.7 Å². The van der Waals surface area contributed by atoms with Crippen molar-refractivity contribution in [2.24, 2.45) is 0 Å². The van der Waals surface area contributed by atoms with Gasteiger partial charge in [0.05, 0.1) is 23.0 Å². The molecule has 0 saturated heterocycles. The standard InChI is InChI=1S/C25H23FN4O8/c1-38-25(33)21(12-16-7-9-17(31)10-8-16)28-24(32)20(11-15-5-3-2-4-6-15)27-19-13-18(26)22(29(34)35)14-23(19)30(36)37/h2-10,13-14,20-21,27,31H,11-12H2,1H3,(H,28,32)/t20-,21-/m0/s1. The molecule has 198 valence electrons. The molecule has 0 aliphatic heterocycles. The smallest absolute Gasteiger partial charge is 0.328 e. The molecule has 0 aliphatic carbocycles. The Bertz CT molecular complexity index is 1340. The van der Waals surface area contributed by atoms with Crippen LogP contribution in [0.5, 0.6) is 5.75 Å². The SMILES string of the molecule is COC(=O)[C@H](Cc1ccc(O)cc1)NC(=O)[C@H](Cc1ccccc1)Nc1cc(F)c([N+](=O)[O-])cc1[N+](=O)[O-]. The van der Waals surface area contributed by atoms with Crippen LogP contribution >= 0.6 is 0 Å². The van der Waals surface area contributed by atoms with Crippen LogP contribution in [-0.2, 0) is 27.2 Å². The van der Waals surface area contributed by atoms with Crippen LogP contribution in [-0.4, -0.2) is 46.0 Å². The molecule has 3 aromatic rings. The highest BCUT2D eigenvalue weighted by Crippen LogP contribution is 2.32. The van der Waals surface area contributed by atoms with Crippen molar-refractivity contribution in [3.05, 3.63) is 104 Å². The quantitative estimate of drug-likeness (QED) is 0.192. The summed E-state index contributed by atoms with van der Waals surface area (Å²) in [5.74, 6) is -2.86. The first-order valence-corrected chi connectivity index (χ1v) is 11.2. The number of ether oxygens (including phenoxy) is 1. The first-order valence-electron chi connectivity index (χ1n) is 11.2. The normalized spacial score (nSPS) is 12.2. The number of nitro groups is 2. The highest BCUT2D eigenvalue weighted by Gasteiger charge is 2.30. The predicted molar refractivity (Wildman–Crippen MR) is 133 cm³/mol. The number of amides is 1. The summed E-state index contributed by atoms with van der Waals surface area (Å²) >= 11 is 0. The van der Waals surface area contributed by atoms with E-state index in [-0.39, 0.29) is 18.6 Å². The zero-order valence-corrected chi connectivity index (χ0v) is 20.0. The van der Waals surface area contributed by atoms with Crippen LogP contribution in [0.2, 0.25) is 0 Å². The van der Waals surface area contributed by atoms with Gasteiger partial charge in [-0.15, -0.1) is 0 Å². The molecule has 3 aromatic carbocycles. The van der Waals surface area contributed by atoms with Gasteiger partial charge < -0.3 is 20.5 Å². The average Bonchev–Trinajstić information content (AvgIpc) is 2.88. The molecule has 3 rings (SSSR count). The monoisotopic (exact) mass is 526 g/mol. The maximum absolute atomic E-state index is 14.4. The van der Waals surface area contributed by atoms with Gasteiger partial charge in [0.2, 0.25) is 11.7 Å². The third-order valence-electron chi connectivity index (χ3n) is 5.57. The number of nitrogens with one attached hydrogen (secondary N) is 2. The number of benzene rings is 3. The fourth-order valence-electron chi connectivity index (χ4n) is 3.68. The van der Waals surface area contributed by atoms with E-state index in [1.54, 1.807) is 42.5 Å². The van der Waals surface area contributed by atoms with Crippen LogP contribution in [0.15, 0.2) is 66.7 Å². The summed E-state index contributed by atoms with van der Waals surface area (Å²) in [5.41, 5.74) is -1.12. The van der Waals surface area contributed by atoms with Crippen molar-refractivity contribution in [1.29, 1.82) is 0 Å². The zero-order valence-electron chi connectivity index (χ0n) is 20.0. The number of halogens is 1. The molecule has 0 aromatic heterocycles. The zero-order chi connectivity index (χ0) is 27.8. The molecule has 13 heteroatoms. The van der Waals surface area contributed by atoms with E-state index in [2.05, 4.69) is 10.6 Å². The number of aromatic hydroxyl groups is 1. The van der Waals surface area contributed by atoms with Gasteiger partial charge in [-0.3, -0.25) is 25.0 Å². The number of carbonyl (C=O) groups is 2. The van der Waals surface area contributed by atoms with Crippen molar-refractivity contribution in [3.63, 3.8) is 0 Å². The van der Waals surface area contributed by atoms with Gasteiger partial charge in [-0.05, 0) is 23.3 Å². The van der Waals surface area contributed by atoms with E-state index < -0.39 is 56.7 Å². The lowest BCUT2D eigenvalue weighted by Gasteiger charge is -2.23. The van der Waals surface area contributed by atoms with Gasteiger partial charge >= 0.3 is 11.7 Å². The van der Waals surface area contributed by atoms with Gasteiger partial charge in [-0.25, -0.2) is 4.79 Å². The molecule has 0 saturated carbocycles. The number of phenolic OH excluding ortho intramolecular Hbond substituents is 1. The Balaban J connectivity index is 1.95. The van der Waals surface area contributed by atoms with Gasteiger partial charge in [0.1, 0.15) is 23.5 Å². The van der Waals surface area contributed by atoms with Gasteiger partial charge in [0.15, 0.2) is 0 Å². The molecule has 0 heterocycles. The van der Waals surface area contributed by atoms with Crippen LogP contribution in [0.25, 0.3) is 0 Å². The molecule has 3 N–H and O–H groups in total. The number of carbonyl (C=O) groups excluding carboxylic acids is 2. The second kappa shape index (κ2) is 12.3. The lowest BCUT2D eigenvalue weighted by atomic mass is 10.0. The summed E-state index contributed by atoms with van der Waals surface area (Å²) in [6.07, 6.45) is -0.0292. The van der Waals surface area contributed by atoms with E-state index in [9.17, 15) is 39.3 Å². The largest absolute Gasteiger partial charge is 0.508 e. The lowest BCUT2D eigenvalue weighted by Crippen LogP contribution is -2.50. The molecule has 12 nitrogen and oxygen atoms in total.